The maximum atomic E-state index is 12.1. The largest absolute Gasteiger partial charge is 0.511 e. The fourth-order valence-corrected chi connectivity index (χ4v) is 2.98. The number of hydrogen-bond acceptors (Lipinski definition) is 4. The summed E-state index contributed by atoms with van der Waals surface area (Å²) in [5.41, 5.74) is 1.04. The molecule has 0 atom stereocenters. The van der Waals surface area contributed by atoms with Crippen LogP contribution in [-0.4, -0.2) is 22.9 Å². The highest BCUT2D eigenvalue weighted by Crippen LogP contribution is 2.34. The predicted molar refractivity (Wildman–Crippen MR) is 80.2 cm³/mol. The summed E-state index contributed by atoms with van der Waals surface area (Å²) < 4.78 is 0. The molecule has 0 amide bonds. The second kappa shape index (κ2) is 6.27. The van der Waals surface area contributed by atoms with Crippen molar-refractivity contribution in [1.29, 1.82) is 0 Å². The monoisotopic (exact) mass is 290 g/mol. The minimum absolute atomic E-state index is 0.0183. The van der Waals surface area contributed by atoms with Crippen molar-refractivity contribution in [2.45, 2.75) is 37.0 Å². The van der Waals surface area contributed by atoms with Crippen molar-refractivity contribution in [3.05, 3.63) is 41.2 Å². The van der Waals surface area contributed by atoms with E-state index in [9.17, 15) is 14.7 Å². The number of aliphatic hydroxyl groups is 1. The van der Waals surface area contributed by atoms with Crippen LogP contribution in [-0.2, 0) is 9.59 Å². The number of rotatable bonds is 3. The van der Waals surface area contributed by atoms with Crippen molar-refractivity contribution in [1.82, 2.24) is 0 Å². The van der Waals surface area contributed by atoms with Gasteiger partial charge in [0.25, 0.3) is 0 Å². The normalized spacial score (nSPS) is 19.3. The number of Topliss-reactive ketones (excluding diaryl/α,β-unsaturated/α-hetero) is 2. The zero-order valence-corrected chi connectivity index (χ0v) is 12.5. The van der Waals surface area contributed by atoms with Crippen LogP contribution >= 0.6 is 11.8 Å². The molecule has 4 heteroatoms. The molecule has 0 spiro atoms. The van der Waals surface area contributed by atoms with Gasteiger partial charge in [-0.1, -0.05) is 19.1 Å². The third-order valence-corrected chi connectivity index (χ3v) is 4.34. The van der Waals surface area contributed by atoms with Crippen molar-refractivity contribution >= 4 is 23.3 Å². The lowest BCUT2D eigenvalue weighted by atomic mass is 9.79. The van der Waals surface area contributed by atoms with Crippen molar-refractivity contribution in [3.63, 3.8) is 0 Å². The zero-order valence-electron chi connectivity index (χ0n) is 11.7. The highest BCUT2D eigenvalue weighted by Gasteiger charge is 2.33. The molecular formula is C16H18O3S. The fourth-order valence-electron chi connectivity index (χ4n) is 2.51. The van der Waals surface area contributed by atoms with Gasteiger partial charge in [0.1, 0.15) is 5.76 Å². The number of hydrogen-bond donors (Lipinski definition) is 1. The number of benzene rings is 1. The molecule has 106 valence electrons. The Morgan fingerprint density at radius 1 is 1.30 bits per heavy atom. The van der Waals surface area contributed by atoms with E-state index in [-0.39, 0.29) is 28.8 Å². The average Bonchev–Trinajstić information content (AvgIpc) is 2.46. The summed E-state index contributed by atoms with van der Waals surface area (Å²) in [7, 11) is 0. The summed E-state index contributed by atoms with van der Waals surface area (Å²) in [6.45, 7) is 1.73. The minimum atomic E-state index is -0.236. The number of aliphatic hydroxyl groups excluding tert-OH is 1. The van der Waals surface area contributed by atoms with Gasteiger partial charge in [0.15, 0.2) is 11.6 Å². The lowest BCUT2D eigenvalue weighted by Crippen LogP contribution is -2.26. The summed E-state index contributed by atoms with van der Waals surface area (Å²) in [6.07, 6.45) is 2.90. The standard InChI is InChI=1S/C16H18O3S/c1-3-13(17)16-14(18)8-11(9-15(16)19)10-5-4-6-12(7-10)20-2/h4-7,11,17H,3,8-9H2,1-2H3. The molecule has 1 saturated carbocycles. The van der Waals surface area contributed by atoms with Crippen LogP contribution in [0.3, 0.4) is 0 Å². The lowest BCUT2D eigenvalue weighted by molar-refractivity contribution is -0.124. The molecule has 1 aromatic carbocycles. The van der Waals surface area contributed by atoms with E-state index in [4.69, 9.17) is 0 Å². The maximum absolute atomic E-state index is 12.1. The van der Waals surface area contributed by atoms with Gasteiger partial charge in [-0.3, -0.25) is 9.59 Å². The lowest BCUT2D eigenvalue weighted by Gasteiger charge is -2.23. The minimum Gasteiger partial charge on any atom is -0.511 e. The molecule has 0 aromatic heterocycles. The van der Waals surface area contributed by atoms with Gasteiger partial charge < -0.3 is 5.11 Å². The molecule has 0 unspecified atom stereocenters. The SMILES string of the molecule is CCC(O)=C1C(=O)CC(c2cccc(SC)c2)CC1=O. The number of carbonyl (C=O) groups is 2. The van der Waals surface area contributed by atoms with Crippen molar-refractivity contribution < 1.29 is 14.7 Å². The molecule has 3 nitrogen and oxygen atoms in total. The van der Waals surface area contributed by atoms with Crippen LogP contribution in [0, 0.1) is 0 Å². The molecule has 1 aliphatic rings. The molecule has 1 aromatic rings. The van der Waals surface area contributed by atoms with Crippen molar-refractivity contribution in [3.8, 4) is 0 Å². The van der Waals surface area contributed by atoms with E-state index in [1.807, 2.05) is 30.5 Å². The third-order valence-electron chi connectivity index (χ3n) is 3.61. The van der Waals surface area contributed by atoms with Gasteiger partial charge in [0.2, 0.25) is 0 Å². The van der Waals surface area contributed by atoms with Crippen LogP contribution in [0.5, 0.6) is 0 Å². The third kappa shape index (κ3) is 2.96. The van der Waals surface area contributed by atoms with Gasteiger partial charge in [-0.15, -0.1) is 11.8 Å². The molecule has 1 aliphatic carbocycles. The van der Waals surface area contributed by atoms with Crippen molar-refractivity contribution in [2.24, 2.45) is 0 Å². The van der Waals surface area contributed by atoms with E-state index < -0.39 is 0 Å². The number of allylic oxidation sites excluding steroid dienone is 2. The topological polar surface area (TPSA) is 54.4 Å². The van der Waals surface area contributed by atoms with Gasteiger partial charge in [-0.25, -0.2) is 0 Å². The smallest absolute Gasteiger partial charge is 0.170 e. The Bertz CT molecular complexity index is 555. The molecule has 1 N–H and O–H groups in total. The van der Waals surface area contributed by atoms with E-state index in [0.29, 0.717) is 19.3 Å². The molecule has 2 rings (SSSR count). The molecular weight excluding hydrogens is 272 g/mol. The van der Waals surface area contributed by atoms with Gasteiger partial charge in [-0.05, 0) is 29.9 Å². The zero-order chi connectivity index (χ0) is 14.7. The number of ketones is 2. The molecule has 0 aliphatic heterocycles. The molecule has 1 fully saturated rings. The van der Waals surface area contributed by atoms with Crippen LogP contribution in [0.4, 0.5) is 0 Å². The molecule has 20 heavy (non-hydrogen) atoms. The van der Waals surface area contributed by atoms with Gasteiger partial charge in [0, 0.05) is 24.2 Å². The molecule has 0 saturated heterocycles. The summed E-state index contributed by atoms with van der Waals surface area (Å²) in [5.74, 6) is -0.618. The van der Waals surface area contributed by atoms with Crippen LogP contribution in [0.1, 0.15) is 37.7 Å². The first-order valence-electron chi connectivity index (χ1n) is 6.69. The quantitative estimate of drug-likeness (QED) is 0.399. The molecule has 0 bridgehead atoms. The van der Waals surface area contributed by atoms with Crippen LogP contribution in [0.25, 0.3) is 0 Å². The first-order chi connectivity index (χ1) is 9.56. The predicted octanol–water partition coefficient (Wildman–Crippen LogP) is 3.65. The number of carbonyl (C=O) groups excluding carboxylic acids is 2. The van der Waals surface area contributed by atoms with Crippen LogP contribution < -0.4 is 0 Å². The van der Waals surface area contributed by atoms with E-state index in [2.05, 4.69) is 0 Å². The summed E-state index contributed by atoms with van der Waals surface area (Å²) in [4.78, 5) is 25.3. The second-order valence-electron chi connectivity index (χ2n) is 4.90. The van der Waals surface area contributed by atoms with E-state index in [0.717, 1.165) is 10.5 Å². The molecule has 0 radical (unpaired) electrons. The Morgan fingerprint density at radius 3 is 2.50 bits per heavy atom. The Hall–Kier alpha value is -1.55. The first kappa shape index (κ1) is 14.9. The van der Waals surface area contributed by atoms with E-state index in [1.165, 1.54) is 0 Å². The summed E-state index contributed by atoms with van der Waals surface area (Å²) in [6, 6.07) is 7.95. The van der Waals surface area contributed by atoms with Crippen LogP contribution in [0.2, 0.25) is 0 Å². The molecule has 0 heterocycles. The Kier molecular flexibility index (Phi) is 4.65. The highest BCUT2D eigenvalue weighted by molar-refractivity contribution is 7.98. The Labute approximate surface area is 123 Å². The second-order valence-corrected chi connectivity index (χ2v) is 5.78. The summed E-state index contributed by atoms with van der Waals surface area (Å²) >= 11 is 1.64. The Morgan fingerprint density at radius 2 is 1.95 bits per heavy atom. The van der Waals surface area contributed by atoms with Gasteiger partial charge in [-0.2, -0.15) is 0 Å². The van der Waals surface area contributed by atoms with E-state index in [1.54, 1.807) is 18.7 Å². The summed E-state index contributed by atoms with van der Waals surface area (Å²) in [5, 5.41) is 9.70. The first-order valence-corrected chi connectivity index (χ1v) is 7.91. The van der Waals surface area contributed by atoms with Crippen LogP contribution in [0.15, 0.2) is 40.5 Å². The van der Waals surface area contributed by atoms with Crippen molar-refractivity contribution in [2.75, 3.05) is 6.26 Å². The van der Waals surface area contributed by atoms with E-state index >= 15 is 0 Å². The number of thioether (sulfide) groups is 1. The highest BCUT2D eigenvalue weighted by atomic mass is 32.2. The maximum Gasteiger partial charge on any atom is 0.170 e. The average molecular weight is 290 g/mol. The fraction of sp³-hybridized carbons (Fsp3) is 0.375. The van der Waals surface area contributed by atoms with Gasteiger partial charge in [0.05, 0.1) is 5.57 Å². The van der Waals surface area contributed by atoms with Gasteiger partial charge >= 0.3 is 0 Å². The Balaban J connectivity index is 2.27.